The van der Waals surface area contributed by atoms with Gasteiger partial charge in [0.15, 0.2) is 0 Å². The molecule has 1 heterocycles. The lowest BCUT2D eigenvalue weighted by Crippen LogP contribution is -2.34. The van der Waals surface area contributed by atoms with Crippen molar-refractivity contribution >= 4 is 17.9 Å². The van der Waals surface area contributed by atoms with Gasteiger partial charge in [-0.2, -0.15) is 0 Å². The first kappa shape index (κ1) is 21.6. The van der Waals surface area contributed by atoms with Gasteiger partial charge in [-0.05, 0) is 31.4 Å². The predicted octanol–water partition coefficient (Wildman–Crippen LogP) is 2.16. The summed E-state index contributed by atoms with van der Waals surface area (Å²) in [6, 6.07) is 0. The Labute approximate surface area is 164 Å². The van der Waals surface area contributed by atoms with Gasteiger partial charge in [0.2, 0.25) is 0 Å². The molecule has 0 unspecified atom stereocenters. The SMILES string of the molecule is C=C(CO)C(=O)O[C@H]1CC(COC(C)=O)=CCC/C(C)=C/[C@H]2OC(=O)C(=C)[C@H]12. The number of fused-ring (bicyclic) bond motifs is 1. The number of rotatable bonds is 5. The molecular weight excluding hydrogens is 364 g/mol. The fraction of sp³-hybridized carbons (Fsp3) is 0.476. The van der Waals surface area contributed by atoms with Gasteiger partial charge >= 0.3 is 17.9 Å². The van der Waals surface area contributed by atoms with Gasteiger partial charge in [-0.1, -0.05) is 24.8 Å². The molecule has 0 aromatic heterocycles. The minimum atomic E-state index is -0.788. The van der Waals surface area contributed by atoms with Gasteiger partial charge in [-0.3, -0.25) is 4.79 Å². The Hall–Kier alpha value is -2.67. The summed E-state index contributed by atoms with van der Waals surface area (Å²) < 4.78 is 16.1. The number of aliphatic hydroxyl groups excluding tert-OH is 1. The smallest absolute Gasteiger partial charge is 0.336 e. The fourth-order valence-corrected chi connectivity index (χ4v) is 3.23. The van der Waals surface area contributed by atoms with Gasteiger partial charge in [0.05, 0.1) is 18.1 Å². The number of carbonyl (C=O) groups excluding carboxylic acids is 3. The summed E-state index contributed by atoms with van der Waals surface area (Å²) in [6.45, 7) is 10.1. The van der Waals surface area contributed by atoms with Crippen LogP contribution < -0.4 is 0 Å². The predicted molar refractivity (Wildman–Crippen MR) is 101 cm³/mol. The molecule has 1 N–H and O–H groups in total. The second kappa shape index (κ2) is 9.50. The summed E-state index contributed by atoms with van der Waals surface area (Å²) in [5.41, 5.74) is 1.91. The number of ether oxygens (including phenoxy) is 3. The van der Waals surface area contributed by atoms with Crippen LogP contribution in [0.25, 0.3) is 0 Å². The molecule has 0 aromatic carbocycles. The third kappa shape index (κ3) is 5.42. The Morgan fingerprint density at radius 1 is 1.39 bits per heavy atom. The minimum absolute atomic E-state index is 0.0613. The van der Waals surface area contributed by atoms with E-state index in [0.29, 0.717) is 6.42 Å². The van der Waals surface area contributed by atoms with Crippen molar-refractivity contribution in [3.63, 3.8) is 0 Å². The lowest BCUT2D eigenvalue weighted by Gasteiger charge is -2.28. The van der Waals surface area contributed by atoms with Crippen molar-refractivity contribution in [2.75, 3.05) is 13.2 Å². The topological polar surface area (TPSA) is 99.1 Å². The van der Waals surface area contributed by atoms with Crippen molar-refractivity contribution in [2.24, 2.45) is 5.92 Å². The van der Waals surface area contributed by atoms with E-state index in [4.69, 9.17) is 19.3 Å². The molecule has 1 fully saturated rings. The molecule has 1 aliphatic heterocycles. The lowest BCUT2D eigenvalue weighted by molar-refractivity contribution is -0.148. The Kier molecular flexibility index (Phi) is 7.34. The van der Waals surface area contributed by atoms with Crippen molar-refractivity contribution in [1.29, 1.82) is 0 Å². The molecule has 2 rings (SSSR count). The van der Waals surface area contributed by atoms with E-state index in [1.165, 1.54) is 6.92 Å². The fourth-order valence-electron chi connectivity index (χ4n) is 3.23. The first-order valence-corrected chi connectivity index (χ1v) is 9.10. The summed E-state index contributed by atoms with van der Waals surface area (Å²) >= 11 is 0. The average molecular weight is 390 g/mol. The largest absolute Gasteiger partial charge is 0.461 e. The van der Waals surface area contributed by atoms with Crippen molar-refractivity contribution in [3.05, 3.63) is 47.6 Å². The van der Waals surface area contributed by atoms with Gasteiger partial charge in [0.25, 0.3) is 0 Å². The molecule has 1 saturated heterocycles. The van der Waals surface area contributed by atoms with E-state index in [-0.39, 0.29) is 24.2 Å². The molecule has 28 heavy (non-hydrogen) atoms. The van der Waals surface area contributed by atoms with Crippen LogP contribution >= 0.6 is 0 Å². The summed E-state index contributed by atoms with van der Waals surface area (Å²) in [5.74, 6) is -2.30. The molecule has 1 aliphatic carbocycles. The zero-order chi connectivity index (χ0) is 20.8. The molecule has 0 spiro atoms. The highest BCUT2D eigenvalue weighted by Crippen LogP contribution is 2.36. The molecular formula is C21H26O7. The van der Waals surface area contributed by atoms with Crippen molar-refractivity contribution < 1.29 is 33.7 Å². The number of esters is 3. The van der Waals surface area contributed by atoms with Crippen molar-refractivity contribution in [2.45, 2.75) is 45.3 Å². The zero-order valence-corrected chi connectivity index (χ0v) is 16.2. The first-order chi connectivity index (χ1) is 13.2. The van der Waals surface area contributed by atoms with Crippen molar-refractivity contribution in [3.8, 4) is 0 Å². The molecule has 0 bridgehead atoms. The van der Waals surface area contributed by atoms with E-state index >= 15 is 0 Å². The third-order valence-corrected chi connectivity index (χ3v) is 4.74. The van der Waals surface area contributed by atoms with Crippen LogP contribution in [-0.4, -0.2) is 48.4 Å². The maximum Gasteiger partial charge on any atom is 0.336 e. The lowest BCUT2D eigenvalue weighted by atomic mass is 9.85. The van der Waals surface area contributed by atoms with E-state index in [0.717, 1.165) is 17.6 Å². The average Bonchev–Trinajstić information content (AvgIpc) is 2.91. The van der Waals surface area contributed by atoms with Gasteiger partial charge in [0.1, 0.15) is 18.8 Å². The van der Waals surface area contributed by atoms with Crippen LogP contribution in [0.2, 0.25) is 0 Å². The molecule has 0 aromatic rings. The molecule has 7 heteroatoms. The van der Waals surface area contributed by atoms with Gasteiger partial charge in [-0.15, -0.1) is 0 Å². The van der Waals surface area contributed by atoms with Crippen LogP contribution in [0.4, 0.5) is 0 Å². The van der Waals surface area contributed by atoms with Gasteiger partial charge in [-0.25, -0.2) is 9.59 Å². The highest BCUT2D eigenvalue weighted by molar-refractivity contribution is 5.92. The molecule has 152 valence electrons. The Balaban J connectivity index is 2.38. The van der Waals surface area contributed by atoms with Crippen LogP contribution in [0.3, 0.4) is 0 Å². The Morgan fingerprint density at radius 2 is 2.11 bits per heavy atom. The number of hydrogen-bond acceptors (Lipinski definition) is 7. The summed E-state index contributed by atoms with van der Waals surface area (Å²) in [4.78, 5) is 35.6. The highest BCUT2D eigenvalue weighted by Gasteiger charge is 2.44. The van der Waals surface area contributed by atoms with Gasteiger partial charge in [0, 0.05) is 18.9 Å². The second-order valence-corrected chi connectivity index (χ2v) is 7.02. The van der Waals surface area contributed by atoms with Crippen LogP contribution in [0, 0.1) is 5.92 Å². The first-order valence-electron chi connectivity index (χ1n) is 9.10. The standard InChI is InChI=1S/C21H26O7/c1-12-6-5-7-16(11-26-15(4)23)9-18(27-20(24)13(2)10-22)19-14(3)21(25)28-17(19)8-12/h7-8,17-19,22H,2-3,5-6,9-11H2,1,4H3/b12-8+,16-7?/t17-,18+,19+/m1/s1. The monoisotopic (exact) mass is 390 g/mol. The minimum Gasteiger partial charge on any atom is -0.461 e. The number of hydrogen-bond donors (Lipinski definition) is 1. The van der Waals surface area contributed by atoms with E-state index in [1.54, 1.807) is 0 Å². The van der Waals surface area contributed by atoms with Gasteiger partial charge < -0.3 is 19.3 Å². The Bertz CT molecular complexity index is 744. The van der Waals surface area contributed by atoms with Crippen LogP contribution in [-0.2, 0) is 28.6 Å². The normalized spacial score (nSPS) is 26.9. The maximum atomic E-state index is 12.3. The molecule has 3 atom stereocenters. The quantitative estimate of drug-likeness (QED) is 0.332. The van der Waals surface area contributed by atoms with Crippen LogP contribution in [0.15, 0.2) is 47.6 Å². The van der Waals surface area contributed by atoms with E-state index in [9.17, 15) is 14.4 Å². The molecule has 0 radical (unpaired) electrons. The molecule has 2 aliphatic rings. The van der Waals surface area contributed by atoms with E-state index in [2.05, 4.69) is 13.2 Å². The second-order valence-electron chi connectivity index (χ2n) is 7.02. The molecule has 0 saturated carbocycles. The third-order valence-electron chi connectivity index (χ3n) is 4.74. The number of carbonyl (C=O) groups is 3. The van der Waals surface area contributed by atoms with Crippen LogP contribution in [0.5, 0.6) is 0 Å². The molecule has 0 amide bonds. The molecule has 7 nitrogen and oxygen atoms in total. The number of allylic oxidation sites excluding steroid dienone is 2. The number of aliphatic hydroxyl groups is 1. The summed E-state index contributed by atoms with van der Waals surface area (Å²) in [5, 5.41) is 9.16. The maximum absolute atomic E-state index is 12.3. The van der Waals surface area contributed by atoms with Crippen LogP contribution in [0.1, 0.15) is 33.1 Å². The summed E-state index contributed by atoms with van der Waals surface area (Å²) in [7, 11) is 0. The van der Waals surface area contributed by atoms with Crippen molar-refractivity contribution in [1.82, 2.24) is 0 Å². The van der Waals surface area contributed by atoms with E-state index in [1.807, 2.05) is 19.1 Å². The summed E-state index contributed by atoms with van der Waals surface area (Å²) in [6.07, 6.45) is 4.10. The van der Waals surface area contributed by atoms with E-state index < -0.39 is 42.6 Å². The zero-order valence-electron chi connectivity index (χ0n) is 16.2. The highest BCUT2D eigenvalue weighted by atomic mass is 16.6. The Morgan fingerprint density at radius 3 is 2.75 bits per heavy atom.